The van der Waals surface area contributed by atoms with E-state index in [9.17, 15) is 4.79 Å². The first kappa shape index (κ1) is 19.8. The van der Waals surface area contributed by atoms with Crippen LogP contribution in [-0.4, -0.2) is 50.8 Å². The van der Waals surface area contributed by atoms with E-state index in [0.717, 1.165) is 24.2 Å². The summed E-state index contributed by atoms with van der Waals surface area (Å²) in [6.07, 6.45) is -0.623. The van der Waals surface area contributed by atoms with E-state index in [1.807, 2.05) is 54.6 Å². The molecule has 0 bridgehead atoms. The maximum Gasteiger partial charge on any atom is 0.253 e. The van der Waals surface area contributed by atoms with Crippen LogP contribution in [0.3, 0.4) is 0 Å². The van der Waals surface area contributed by atoms with Gasteiger partial charge in [0.05, 0.1) is 19.3 Å². The number of hydrogen-bond donors (Lipinski definition) is 1. The Morgan fingerprint density at radius 2 is 1.78 bits per heavy atom. The van der Waals surface area contributed by atoms with Gasteiger partial charge in [-0.05, 0) is 23.3 Å². The van der Waals surface area contributed by atoms with Gasteiger partial charge in [0, 0.05) is 31.8 Å². The molecule has 1 amide bonds. The summed E-state index contributed by atoms with van der Waals surface area (Å²) in [7, 11) is 1.55. The van der Waals surface area contributed by atoms with Gasteiger partial charge in [0.1, 0.15) is 0 Å². The van der Waals surface area contributed by atoms with E-state index < -0.39 is 6.10 Å². The van der Waals surface area contributed by atoms with Gasteiger partial charge in [-0.25, -0.2) is 0 Å². The molecule has 1 N–H and O–H groups in total. The third-order valence-corrected chi connectivity index (χ3v) is 5.04. The smallest absolute Gasteiger partial charge is 0.253 e. The van der Waals surface area contributed by atoms with Crippen LogP contribution in [0.25, 0.3) is 0 Å². The van der Waals surface area contributed by atoms with Crippen LogP contribution >= 0.6 is 11.6 Å². The number of nitrogens with zero attached hydrogens (tertiary/aromatic N) is 1. The molecular formula is C21H25ClN2O3. The lowest BCUT2D eigenvalue weighted by Crippen LogP contribution is -2.44. The van der Waals surface area contributed by atoms with Gasteiger partial charge < -0.3 is 14.8 Å². The number of benzene rings is 2. The number of hydrogen-bond acceptors (Lipinski definition) is 4. The molecule has 1 saturated heterocycles. The predicted molar refractivity (Wildman–Crippen MR) is 106 cm³/mol. The summed E-state index contributed by atoms with van der Waals surface area (Å²) in [6, 6.07) is 17.4. The van der Waals surface area contributed by atoms with Crippen molar-refractivity contribution in [2.45, 2.75) is 12.1 Å². The minimum atomic E-state index is -0.623. The van der Waals surface area contributed by atoms with Crippen LogP contribution in [0.15, 0.2) is 54.6 Å². The van der Waals surface area contributed by atoms with E-state index in [1.165, 1.54) is 0 Å². The third-order valence-electron chi connectivity index (χ3n) is 4.79. The van der Waals surface area contributed by atoms with Gasteiger partial charge in [-0.1, -0.05) is 54.1 Å². The highest BCUT2D eigenvalue weighted by Gasteiger charge is 2.25. The molecule has 3 rings (SSSR count). The first-order chi connectivity index (χ1) is 13.2. The van der Waals surface area contributed by atoms with Gasteiger partial charge in [0.15, 0.2) is 6.10 Å². The van der Waals surface area contributed by atoms with Crippen LogP contribution in [0.1, 0.15) is 23.3 Å². The van der Waals surface area contributed by atoms with Gasteiger partial charge in [0.25, 0.3) is 5.91 Å². The molecule has 0 aliphatic carbocycles. The van der Waals surface area contributed by atoms with Gasteiger partial charge in [-0.15, -0.1) is 0 Å². The van der Waals surface area contributed by atoms with E-state index in [0.29, 0.717) is 24.8 Å². The Morgan fingerprint density at radius 3 is 2.41 bits per heavy atom. The fraction of sp³-hybridized carbons (Fsp3) is 0.381. The van der Waals surface area contributed by atoms with Crippen LogP contribution in [0.2, 0.25) is 5.02 Å². The number of ether oxygens (including phenoxy) is 2. The van der Waals surface area contributed by atoms with Crippen LogP contribution in [0.5, 0.6) is 0 Å². The van der Waals surface area contributed by atoms with E-state index in [4.69, 9.17) is 21.1 Å². The molecule has 0 saturated carbocycles. The molecule has 6 heteroatoms. The van der Waals surface area contributed by atoms with Crippen molar-refractivity contribution < 1.29 is 14.3 Å². The molecule has 2 aromatic rings. The highest BCUT2D eigenvalue weighted by molar-refractivity contribution is 6.30. The lowest BCUT2D eigenvalue weighted by Gasteiger charge is -2.35. The van der Waals surface area contributed by atoms with Gasteiger partial charge >= 0.3 is 0 Å². The molecular weight excluding hydrogens is 364 g/mol. The van der Waals surface area contributed by atoms with E-state index >= 15 is 0 Å². The third kappa shape index (κ3) is 5.30. The molecule has 144 valence electrons. The lowest BCUT2D eigenvalue weighted by atomic mass is 10.0. The second kappa shape index (κ2) is 9.85. The monoisotopic (exact) mass is 388 g/mol. The first-order valence-electron chi connectivity index (χ1n) is 9.11. The summed E-state index contributed by atoms with van der Waals surface area (Å²) >= 11 is 6.04. The molecule has 2 atom stereocenters. The minimum Gasteiger partial charge on any atom is -0.379 e. The fourth-order valence-corrected chi connectivity index (χ4v) is 3.47. The number of methoxy groups -OCH3 is 1. The van der Waals surface area contributed by atoms with E-state index in [-0.39, 0.29) is 11.9 Å². The van der Waals surface area contributed by atoms with Gasteiger partial charge in [0.2, 0.25) is 0 Å². The number of morpholine rings is 1. The molecule has 0 radical (unpaired) electrons. The van der Waals surface area contributed by atoms with Crippen LogP contribution in [0, 0.1) is 0 Å². The average molecular weight is 389 g/mol. The molecule has 1 heterocycles. The molecule has 1 aliphatic rings. The predicted octanol–water partition coefficient (Wildman–Crippen LogP) is 3.22. The minimum absolute atomic E-state index is 0.0587. The first-order valence-corrected chi connectivity index (χ1v) is 9.49. The Balaban J connectivity index is 1.71. The molecule has 2 aromatic carbocycles. The van der Waals surface area contributed by atoms with Crippen molar-refractivity contribution in [3.63, 3.8) is 0 Å². The topological polar surface area (TPSA) is 50.8 Å². The van der Waals surface area contributed by atoms with Crippen molar-refractivity contribution in [2.75, 3.05) is 40.0 Å². The number of carbonyl (C=O) groups excluding carboxylic acids is 1. The molecule has 5 nitrogen and oxygen atoms in total. The second-order valence-electron chi connectivity index (χ2n) is 6.49. The van der Waals surface area contributed by atoms with Crippen molar-refractivity contribution >= 4 is 17.5 Å². The molecule has 1 aliphatic heterocycles. The Hall–Kier alpha value is -1.92. The lowest BCUT2D eigenvalue weighted by molar-refractivity contribution is -0.131. The van der Waals surface area contributed by atoms with Crippen LogP contribution in [0.4, 0.5) is 0 Å². The fourth-order valence-electron chi connectivity index (χ4n) is 3.34. The van der Waals surface area contributed by atoms with Crippen molar-refractivity contribution in [2.24, 2.45) is 0 Å². The van der Waals surface area contributed by atoms with Crippen molar-refractivity contribution in [1.82, 2.24) is 10.2 Å². The van der Waals surface area contributed by atoms with Gasteiger partial charge in [-0.2, -0.15) is 0 Å². The molecule has 27 heavy (non-hydrogen) atoms. The molecule has 0 spiro atoms. The summed E-state index contributed by atoms with van der Waals surface area (Å²) in [5, 5.41) is 3.76. The summed E-state index contributed by atoms with van der Waals surface area (Å²) in [4.78, 5) is 15.1. The Labute approximate surface area is 165 Å². The normalized spacial score (nSPS) is 17.3. The summed E-state index contributed by atoms with van der Waals surface area (Å²) in [6.45, 7) is 3.55. The zero-order valence-electron chi connectivity index (χ0n) is 15.4. The van der Waals surface area contributed by atoms with Crippen molar-refractivity contribution in [3.8, 4) is 0 Å². The van der Waals surface area contributed by atoms with Crippen LogP contribution in [-0.2, 0) is 14.3 Å². The highest BCUT2D eigenvalue weighted by Crippen LogP contribution is 2.24. The van der Waals surface area contributed by atoms with Crippen molar-refractivity contribution in [1.29, 1.82) is 0 Å². The standard InChI is InChI=1S/C21H25ClN2O3/c1-26-20(17-5-3-2-4-6-17)21(25)23-15-19(24-11-13-27-14-12-24)16-7-9-18(22)10-8-16/h2-10,19-20H,11-15H2,1H3,(H,23,25). The number of nitrogens with one attached hydrogen (secondary N) is 1. The van der Waals surface area contributed by atoms with Gasteiger partial charge in [-0.3, -0.25) is 9.69 Å². The SMILES string of the molecule is COC(C(=O)NCC(c1ccc(Cl)cc1)N1CCOCC1)c1ccccc1. The Bertz CT molecular complexity index is 718. The second-order valence-corrected chi connectivity index (χ2v) is 6.92. The number of halogens is 1. The summed E-state index contributed by atoms with van der Waals surface area (Å²) in [5.41, 5.74) is 1.96. The highest BCUT2D eigenvalue weighted by atomic mass is 35.5. The summed E-state index contributed by atoms with van der Waals surface area (Å²) in [5.74, 6) is -0.143. The quantitative estimate of drug-likeness (QED) is 0.791. The molecule has 2 unspecified atom stereocenters. The number of amides is 1. The number of carbonyl (C=O) groups is 1. The maximum absolute atomic E-state index is 12.7. The zero-order valence-corrected chi connectivity index (χ0v) is 16.2. The molecule has 1 fully saturated rings. The number of rotatable bonds is 7. The Kier molecular flexibility index (Phi) is 7.24. The maximum atomic E-state index is 12.7. The van der Waals surface area contributed by atoms with Crippen LogP contribution < -0.4 is 5.32 Å². The average Bonchev–Trinajstić information content (AvgIpc) is 2.71. The zero-order chi connectivity index (χ0) is 19.1. The summed E-state index contributed by atoms with van der Waals surface area (Å²) < 4.78 is 10.9. The molecule has 0 aromatic heterocycles. The van der Waals surface area contributed by atoms with E-state index in [1.54, 1.807) is 7.11 Å². The largest absolute Gasteiger partial charge is 0.379 e. The van der Waals surface area contributed by atoms with Crippen molar-refractivity contribution in [3.05, 3.63) is 70.7 Å². The van der Waals surface area contributed by atoms with E-state index in [2.05, 4.69) is 10.2 Å². The Morgan fingerprint density at radius 1 is 1.11 bits per heavy atom.